The lowest BCUT2D eigenvalue weighted by molar-refractivity contribution is 0.0797. The Balaban J connectivity index is 2.04. The maximum absolute atomic E-state index is 12.2. The summed E-state index contributed by atoms with van der Waals surface area (Å²) in [7, 11) is 1.75. The minimum Gasteiger partial charge on any atom is -0.384 e. The van der Waals surface area contributed by atoms with E-state index in [1.54, 1.807) is 23.3 Å². The van der Waals surface area contributed by atoms with Crippen molar-refractivity contribution in [1.29, 1.82) is 0 Å². The second-order valence-corrected chi connectivity index (χ2v) is 5.58. The number of carbonyl (C=O) groups is 1. The first-order chi connectivity index (χ1) is 9.08. The number of halogens is 1. The second-order valence-electron chi connectivity index (χ2n) is 4.15. The first-order valence-electron chi connectivity index (χ1n) is 5.77. The number of nitrogens with two attached hydrogens (primary N) is 1. The lowest BCUT2D eigenvalue weighted by atomic mass is 10.2. The summed E-state index contributed by atoms with van der Waals surface area (Å²) in [5.41, 5.74) is 5.97. The van der Waals surface area contributed by atoms with Gasteiger partial charge in [0, 0.05) is 24.7 Å². The fourth-order valence-corrected chi connectivity index (χ4v) is 2.54. The molecule has 19 heavy (non-hydrogen) atoms. The van der Waals surface area contributed by atoms with Crippen LogP contribution in [0.25, 0.3) is 0 Å². The molecule has 0 atom stereocenters. The fraction of sp³-hybridized carbons (Fsp3) is 0.231. The molecule has 4 nitrogen and oxygen atoms in total. The molecule has 2 rings (SSSR count). The molecular weight excluding hydrogens is 282 g/mol. The van der Waals surface area contributed by atoms with Crippen LogP contribution >= 0.6 is 22.9 Å². The predicted molar refractivity (Wildman–Crippen MR) is 78.6 cm³/mol. The van der Waals surface area contributed by atoms with Crippen LogP contribution in [0.3, 0.4) is 0 Å². The molecule has 0 saturated heterocycles. The fourth-order valence-electron chi connectivity index (χ4n) is 1.66. The van der Waals surface area contributed by atoms with E-state index in [-0.39, 0.29) is 5.91 Å². The van der Waals surface area contributed by atoms with Gasteiger partial charge in [0.1, 0.15) is 5.82 Å². The zero-order valence-corrected chi connectivity index (χ0v) is 12.0. The third-order valence-corrected chi connectivity index (χ3v) is 3.96. The lowest BCUT2D eigenvalue weighted by Crippen LogP contribution is -2.29. The monoisotopic (exact) mass is 295 g/mol. The van der Waals surface area contributed by atoms with Crippen LogP contribution < -0.4 is 5.73 Å². The highest BCUT2D eigenvalue weighted by Crippen LogP contribution is 2.18. The Kier molecular flexibility index (Phi) is 4.39. The topological polar surface area (TPSA) is 59.2 Å². The van der Waals surface area contributed by atoms with Crippen LogP contribution in [0, 0.1) is 0 Å². The summed E-state index contributed by atoms with van der Waals surface area (Å²) in [5, 5.41) is 2.35. The number of likely N-dealkylation sites (N-methyl/N-ethyl adjacent to an activating group) is 1. The molecule has 100 valence electrons. The summed E-state index contributed by atoms with van der Waals surface area (Å²) in [6.07, 6.45) is 2.23. The first-order valence-corrected chi connectivity index (χ1v) is 7.02. The first kappa shape index (κ1) is 13.8. The highest BCUT2D eigenvalue weighted by molar-refractivity contribution is 7.09. The molecule has 0 saturated carbocycles. The van der Waals surface area contributed by atoms with Crippen LogP contribution in [-0.4, -0.2) is 29.4 Å². The maximum Gasteiger partial charge on any atom is 0.255 e. The van der Waals surface area contributed by atoms with E-state index in [4.69, 9.17) is 17.3 Å². The number of rotatable bonds is 4. The summed E-state index contributed by atoms with van der Waals surface area (Å²) >= 11 is 7.66. The Morgan fingerprint density at radius 1 is 1.58 bits per heavy atom. The van der Waals surface area contributed by atoms with Gasteiger partial charge in [-0.3, -0.25) is 4.79 Å². The SMILES string of the molecule is CN(CCc1cccs1)C(=O)c1cc(N)ncc1Cl. The molecule has 1 amide bonds. The van der Waals surface area contributed by atoms with Crippen LogP contribution in [0.4, 0.5) is 5.82 Å². The molecule has 0 aliphatic carbocycles. The molecule has 0 spiro atoms. The molecule has 0 aliphatic heterocycles. The van der Waals surface area contributed by atoms with Crippen molar-refractivity contribution in [1.82, 2.24) is 9.88 Å². The van der Waals surface area contributed by atoms with Gasteiger partial charge in [-0.05, 0) is 23.9 Å². The number of carbonyl (C=O) groups excluding carboxylic acids is 1. The summed E-state index contributed by atoms with van der Waals surface area (Å²) in [4.78, 5) is 19.0. The number of nitrogens with zero attached hydrogens (tertiary/aromatic N) is 2. The zero-order chi connectivity index (χ0) is 13.8. The van der Waals surface area contributed by atoms with Gasteiger partial charge in [-0.25, -0.2) is 4.98 Å². The van der Waals surface area contributed by atoms with Gasteiger partial charge in [0.25, 0.3) is 5.91 Å². The van der Waals surface area contributed by atoms with E-state index in [0.717, 1.165) is 6.42 Å². The highest BCUT2D eigenvalue weighted by Gasteiger charge is 2.16. The van der Waals surface area contributed by atoms with Crippen molar-refractivity contribution in [2.45, 2.75) is 6.42 Å². The van der Waals surface area contributed by atoms with E-state index in [1.807, 2.05) is 11.4 Å². The number of nitrogen functional groups attached to an aromatic ring is 1. The molecule has 0 fully saturated rings. The largest absolute Gasteiger partial charge is 0.384 e. The Bertz CT molecular complexity index is 571. The van der Waals surface area contributed by atoms with Crippen LogP contribution in [0.5, 0.6) is 0 Å². The van der Waals surface area contributed by atoms with Crippen molar-refractivity contribution in [3.63, 3.8) is 0 Å². The average molecular weight is 296 g/mol. The predicted octanol–water partition coefficient (Wildman–Crippen LogP) is 2.69. The van der Waals surface area contributed by atoms with Gasteiger partial charge >= 0.3 is 0 Å². The number of hydrogen-bond donors (Lipinski definition) is 1. The molecular formula is C13H14ClN3OS. The van der Waals surface area contributed by atoms with Crippen molar-refractivity contribution in [3.05, 3.63) is 45.2 Å². The number of pyridine rings is 1. The standard InChI is InChI=1S/C13H14ClN3OS/c1-17(5-4-9-3-2-6-19-9)13(18)10-7-12(15)16-8-11(10)14/h2-3,6-8H,4-5H2,1H3,(H2,15,16). The maximum atomic E-state index is 12.2. The quantitative estimate of drug-likeness (QED) is 0.943. The number of thiophene rings is 1. The molecule has 0 aliphatic rings. The third-order valence-electron chi connectivity index (χ3n) is 2.73. The van der Waals surface area contributed by atoms with E-state index in [0.29, 0.717) is 22.9 Å². The molecule has 0 radical (unpaired) electrons. The van der Waals surface area contributed by atoms with E-state index in [1.165, 1.54) is 17.1 Å². The van der Waals surface area contributed by atoms with Crippen molar-refractivity contribution in [2.75, 3.05) is 19.3 Å². The summed E-state index contributed by atoms with van der Waals surface area (Å²) in [6.45, 7) is 0.637. The van der Waals surface area contributed by atoms with Gasteiger partial charge in [-0.1, -0.05) is 17.7 Å². The Morgan fingerprint density at radius 2 is 2.37 bits per heavy atom. The van der Waals surface area contributed by atoms with Gasteiger partial charge in [0.2, 0.25) is 0 Å². The Labute approximate surface area is 120 Å². The number of anilines is 1. The van der Waals surface area contributed by atoms with E-state index < -0.39 is 0 Å². The van der Waals surface area contributed by atoms with Crippen LogP contribution in [0.1, 0.15) is 15.2 Å². The Hall–Kier alpha value is -1.59. The molecule has 0 aromatic carbocycles. The molecule has 2 heterocycles. The molecule has 2 N–H and O–H groups in total. The molecule has 6 heteroatoms. The van der Waals surface area contributed by atoms with Crippen molar-refractivity contribution >= 4 is 34.7 Å². The molecule has 0 unspecified atom stereocenters. The lowest BCUT2D eigenvalue weighted by Gasteiger charge is -2.17. The van der Waals surface area contributed by atoms with Crippen molar-refractivity contribution in [3.8, 4) is 0 Å². The Morgan fingerprint density at radius 3 is 3.05 bits per heavy atom. The molecule has 2 aromatic heterocycles. The average Bonchev–Trinajstić information content (AvgIpc) is 2.91. The smallest absolute Gasteiger partial charge is 0.255 e. The van der Waals surface area contributed by atoms with Crippen LogP contribution in [0.2, 0.25) is 5.02 Å². The highest BCUT2D eigenvalue weighted by atomic mass is 35.5. The van der Waals surface area contributed by atoms with Gasteiger partial charge in [0.05, 0.1) is 10.6 Å². The second kappa shape index (κ2) is 6.04. The van der Waals surface area contributed by atoms with Crippen molar-refractivity contribution in [2.24, 2.45) is 0 Å². The van der Waals surface area contributed by atoms with E-state index in [9.17, 15) is 4.79 Å². The molecule has 0 bridgehead atoms. The van der Waals surface area contributed by atoms with Gasteiger partial charge in [0.15, 0.2) is 0 Å². The van der Waals surface area contributed by atoms with E-state index >= 15 is 0 Å². The summed E-state index contributed by atoms with van der Waals surface area (Å²) in [6, 6.07) is 5.56. The minimum atomic E-state index is -0.143. The molecule has 2 aromatic rings. The van der Waals surface area contributed by atoms with Gasteiger partial charge < -0.3 is 10.6 Å². The van der Waals surface area contributed by atoms with E-state index in [2.05, 4.69) is 11.1 Å². The normalized spacial score (nSPS) is 10.4. The van der Waals surface area contributed by atoms with Crippen molar-refractivity contribution < 1.29 is 4.79 Å². The third kappa shape index (κ3) is 3.45. The minimum absolute atomic E-state index is 0.143. The van der Waals surface area contributed by atoms with Gasteiger partial charge in [-0.15, -0.1) is 11.3 Å². The summed E-state index contributed by atoms with van der Waals surface area (Å²) < 4.78 is 0. The number of aromatic nitrogens is 1. The summed E-state index contributed by atoms with van der Waals surface area (Å²) in [5.74, 6) is 0.148. The number of amides is 1. The van der Waals surface area contributed by atoms with Crippen LogP contribution in [0.15, 0.2) is 29.8 Å². The van der Waals surface area contributed by atoms with Gasteiger partial charge in [-0.2, -0.15) is 0 Å². The van der Waals surface area contributed by atoms with Crippen LogP contribution in [-0.2, 0) is 6.42 Å². The zero-order valence-electron chi connectivity index (χ0n) is 10.5. The number of hydrogen-bond acceptors (Lipinski definition) is 4.